The number of aliphatic carboxylic acids is 1. The third-order valence-electron chi connectivity index (χ3n) is 3.27. The molecule has 0 aliphatic carbocycles. The van der Waals surface area contributed by atoms with Crippen LogP contribution in [-0.4, -0.2) is 51.8 Å². The van der Waals surface area contributed by atoms with Gasteiger partial charge in [-0.25, -0.2) is 9.59 Å². The second kappa shape index (κ2) is 5.86. The van der Waals surface area contributed by atoms with Gasteiger partial charge in [0.2, 0.25) is 0 Å². The SMILES string of the molecule is CCC1CCC(C)N1C(=O)N[C@@H](CO)C(=O)O. The van der Waals surface area contributed by atoms with Crippen molar-refractivity contribution in [2.24, 2.45) is 0 Å². The summed E-state index contributed by atoms with van der Waals surface area (Å²) in [5.74, 6) is -1.22. The Morgan fingerprint density at radius 2 is 2.12 bits per heavy atom. The first-order valence-electron chi connectivity index (χ1n) is 5.93. The van der Waals surface area contributed by atoms with Crippen LogP contribution in [0.25, 0.3) is 0 Å². The molecular weight excluding hydrogens is 224 g/mol. The lowest BCUT2D eigenvalue weighted by molar-refractivity contribution is -0.140. The maximum Gasteiger partial charge on any atom is 0.328 e. The Morgan fingerprint density at radius 1 is 1.47 bits per heavy atom. The van der Waals surface area contributed by atoms with Gasteiger partial charge in [0, 0.05) is 12.1 Å². The molecule has 1 fully saturated rings. The van der Waals surface area contributed by atoms with Crippen LogP contribution in [0.5, 0.6) is 0 Å². The first-order chi connectivity index (χ1) is 8.01. The van der Waals surface area contributed by atoms with Gasteiger partial charge in [-0.2, -0.15) is 0 Å². The molecule has 0 spiro atoms. The largest absolute Gasteiger partial charge is 0.480 e. The Hall–Kier alpha value is -1.30. The molecule has 6 nitrogen and oxygen atoms in total. The summed E-state index contributed by atoms with van der Waals surface area (Å²) >= 11 is 0. The average molecular weight is 244 g/mol. The third-order valence-corrected chi connectivity index (χ3v) is 3.27. The molecule has 6 heteroatoms. The molecule has 0 aromatic heterocycles. The monoisotopic (exact) mass is 244 g/mol. The van der Waals surface area contributed by atoms with Gasteiger partial charge >= 0.3 is 12.0 Å². The molecule has 1 aliphatic rings. The smallest absolute Gasteiger partial charge is 0.328 e. The minimum Gasteiger partial charge on any atom is -0.480 e. The summed E-state index contributed by atoms with van der Waals surface area (Å²) in [5, 5.41) is 20.0. The molecule has 0 radical (unpaired) electrons. The number of nitrogens with one attached hydrogen (secondary N) is 1. The molecule has 1 heterocycles. The summed E-state index contributed by atoms with van der Waals surface area (Å²) in [7, 11) is 0. The van der Waals surface area contributed by atoms with Gasteiger partial charge in [0.05, 0.1) is 6.61 Å². The van der Waals surface area contributed by atoms with Crippen molar-refractivity contribution in [3.05, 3.63) is 0 Å². The van der Waals surface area contributed by atoms with E-state index < -0.39 is 24.6 Å². The minimum atomic E-state index is -1.23. The van der Waals surface area contributed by atoms with Crippen LogP contribution in [0.15, 0.2) is 0 Å². The van der Waals surface area contributed by atoms with Crippen LogP contribution in [-0.2, 0) is 4.79 Å². The molecular formula is C11H20N2O4. The summed E-state index contributed by atoms with van der Waals surface area (Å²) in [6, 6.07) is -1.35. The fraction of sp³-hybridized carbons (Fsp3) is 0.818. The van der Waals surface area contributed by atoms with E-state index in [1.54, 1.807) is 4.90 Å². The van der Waals surface area contributed by atoms with E-state index in [1.165, 1.54) is 0 Å². The summed E-state index contributed by atoms with van der Waals surface area (Å²) in [6.45, 7) is 3.35. The van der Waals surface area contributed by atoms with Crippen LogP contribution < -0.4 is 5.32 Å². The molecule has 3 N–H and O–H groups in total. The Balaban J connectivity index is 2.65. The van der Waals surface area contributed by atoms with Crippen molar-refractivity contribution in [2.45, 2.75) is 51.2 Å². The fourth-order valence-corrected chi connectivity index (χ4v) is 2.25. The molecule has 98 valence electrons. The highest BCUT2D eigenvalue weighted by Crippen LogP contribution is 2.25. The zero-order valence-electron chi connectivity index (χ0n) is 10.2. The lowest BCUT2D eigenvalue weighted by Gasteiger charge is -2.29. The number of hydrogen-bond donors (Lipinski definition) is 3. The van der Waals surface area contributed by atoms with Crippen LogP contribution in [0.1, 0.15) is 33.1 Å². The van der Waals surface area contributed by atoms with Crippen LogP contribution in [0.4, 0.5) is 4.79 Å². The number of rotatable bonds is 4. The number of likely N-dealkylation sites (tertiary alicyclic amines) is 1. The number of urea groups is 1. The molecule has 1 saturated heterocycles. The summed E-state index contributed by atoms with van der Waals surface area (Å²) < 4.78 is 0. The van der Waals surface area contributed by atoms with Crippen molar-refractivity contribution in [3.63, 3.8) is 0 Å². The van der Waals surface area contributed by atoms with E-state index in [0.29, 0.717) is 0 Å². The molecule has 0 aromatic rings. The number of hydrogen-bond acceptors (Lipinski definition) is 3. The molecule has 2 amide bonds. The van der Waals surface area contributed by atoms with E-state index in [4.69, 9.17) is 10.2 Å². The summed E-state index contributed by atoms with van der Waals surface area (Å²) in [6.07, 6.45) is 2.74. The highest BCUT2D eigenvalue weighted by Gasteiger charge is 2.34. The predicted octanol–water partition coefficient (Wildman–Crippen LogP) is 0.404. The number of carbonyl (C=O) groups excluding carboxylic acids is 1. The molecule has 0 saturated carbocycles. The number of carboxylic acids is 1. The molecule has 1 aliphatic heterocycles. The van der Waals surface area contributed by atoms with Crippen LogP contribution >= 0.6 is 0 Å². The van der Waals surface area contributed by atoms with Gasteiger partial charge in [-0.1, -0.05) is 6.92 Å². The van der Waals surface area contributed by atoms with Gasteiger partial charge in [0.1, 0.15) is 0 Å². The summed E-state index contributed by atoms with van der Waals surface area (Å²) in [4.78, 5) is 24.3. The van der Waals surface area contributed by atoms with Crippen molar-refractivity contribution in [3.8, 4) is 0 Å². The zero-order chi connectivity index (χ0) is 13.0. The number of aliphatic hydroxyl groups excluding tert-OH is 1. The molecule has 0 aromatic carbocycles. The first kappa shape index (κ1) is 13.8. The predicted molar refractivity (Wildman–Crippen MR) is 61.7 cm³/mol. The lowest BCUT2D eigenvalue weighted by atomic mass is 10.2. The summed E-state index contributed by atoms with van der Waals surface area (Å²) in [5.41, 5.74) is 0. The van der Waals surface area contributed by atoms with Crippen molar-refractivity contribution in [2.75, 3.05) is 6.61 Å². The normalized spacial score (nSPS) is 25.7. The fourth-order valence-electron chi connectivity index (χ4n) is 2.25. The third kappa shape index (κ3) is 3.09. The first-order valence-corrected chi connectivity index (χ1v) is 5.93. The van der Waals surface area contributed by atoms with Crippen LogP contribution in [0.3, 0.4) is 0 Å². The quantitative estimate of drug-likeness (QED) is 0.668. The van der Waals surface area contributed by atoms with Crippen molar-refractivity contribution in [1.29, 1.82) is 0 Å². The second-order valence-corrected chi connectivity index (χ2v) is 4.42. The zero-order valence-corrected chi connectivity index (χ0v) is 10.2. The van der Waals surface area contributed by atoms with Crippen molar-refractivity contribution >= 4 is 12.0 Å². The van der Waals surface area contributed by atoms with Crippen molar-refractivity contribution in [1.82, 2.24) is 10.2 Å². The van der Waals surface area contributed by atoms with Gasteiger partial charge < -0.3 is 20.4 Å². The average Bonchev–Trinajstić information content (AvgIpc) is 2.66. The van der Waals surface area contributed by atoms with Gasteiger partial charge in [-0.15, -0.1) is 0 Å². The Kier molecular flexibility index (Phi) is 4.74. The highest BCUT2D eigenvalue weighted by atomic mass is 16.4. The number of nitrogens with zero attached hydrogens (tertiary/aromatic N) is 1. The number of carbonyl (C=O) groups is 2. The maximum absolute atomic E-state index is 11.9. The Bertz CT molecular complexity index is 295. The van der Waals surface area contributed by atoms with Crippen LogP contribution in [0.2, 0.25) is 0 Å². The maximum atomic E-state index is 11.9. The Labute approximate surface area is 101 Å². The van der Waals surface area contributed by atoms with E-state index in [-0.39, 0.29) is 12.1 Å². The molecule has 17 heavy (non-hydrogen) atoms. The van der Waals surface area contributed by atoms with E-state index in [0.717, 1.165) is 19.3 Å². The van der Waals surface area contributed by atoms with Gasteiger partial charge in [-0.05, 0) is 26.2 Å². The molecule has 1 rings (SSSR count). The topological polar surface area (TPSA) is 89.9 Å². The lowest BCUT2D eigenvalue weighted by Crippen LogP contribution is -2.52. The van der Waals surface area contributed by atoms with E-state index >= 15 is 0 Å². The Morgan fingerprint density at radius 3 is 2.59 bits per heavy atom. The minimum absolute atomic E-state index is 0.119. The van der Waals surface area contributed by atoms with Gasteiger partial charge in [0.25, 0.3) is 0 Å². The van der Waals surface area contributed by atoms with Crippen LogP contribution in [0, 0.1) is 0 Å². The molecule has 0 bridgehead atoms. The standard InChI is InChI=1S/C11H20N2O4/c1-3-8-5-4-7(2)13(8)11(17)12-9(6-14)10(15)16/h7-9,14H,3-6H2,1-2H3,(H,12,17)(H,15,16)/t7?,8?,9-/m0/s1. The second-order valence-electron chi connectivity index (χ2n) is 4.42. The molecule has 2 unspecified atom stereocenters. The number of carboxylic acid groups (broad SMARTS) is 1. The van der Waals surface area contributed by atoms with E-state index in [2.05, 4.69) is 5.32 Å². The van der Waals surface area contributed by atoms with E-state index in [1.807, 2.05) is 13.8 Å². The molecule has 3 atom stereocenters. The van der Waals surface area contributed by atoms with Gasteiger partial charge in [0.15, 0.2) is 6.04 Å². The van der Waals surface area contributed by atoms with Gasteiger partial charge in [-0.3, -0.25) is 0 Å². The number of amides is 2. The van der Waals surface area contributed by atoms with E-state index in [9.17, 15) is 9.59 Å². The van der Waals surface area contributed by atoms with Crippen molar-refractivity contribution < 1.29 is 19.8 Å². The number of aliphatic hydroxyl groups is 1. The highest BCUT2D eigenvalue weighted by molar-refractivity contribution is 5.83.